The molecule has 0 aliphatic rings. The smallest absolute Gasteiger partial charge is 0.338 e. The van der Waals surface area contributed by atoms with Crippen LogP contribution in [0.2, 0.25) is 0 Å². The monoisotopic (exact) mass is 1050 g/mol. The molecule has 76 heavy (non-hydrogen) atoms. The topological polar surface area (TPSA) is 195 Å². The second-order valence-electron chi connectivity index (χ2n) is 16.8. The van der Waals surface area contributed by atoms with Gasteiger partial charge in [0.05, 0.1) is 43.8 Å². The number of nitrogens with one attached hydrogen (secondary N) is 2. The van der Waals surface area contributed by atoms with Crippen molar-refractivity contribution < 1.29 is 75.2 Å². The molecule has 0 saturated heterocycles. The summed E-state index contributed by atoms with van der Waals surface area (Å²) in [5.41, 5.74) is 2.63. The van der Waals surface area contributed by atoms with E-state index in [1.54, 1.807) is 119 Å². The number of hydrogen-bond acceptors (Lipinski definition) is 13. The molecule has 0 radical (unpaired) electrons. The number of aromatic carboxylic acids is 1. The van der Waals surface area contributed by atoms with E-state index in [0.717, 1.165) is 0 Å². The third kappa shape index (κ3) is 19.2. The number of ether oxygens (including phenoxy) is 10. The van der Waals surface area contributed by atoms with Crippen LogP contribution in [-0.2, 0) is 38.8 Å². The Labute approximate surface area is 438 Å². The summed E-state index contributed by atoms with van der Waals surface area (Å²) in [6.45, 7) is 6.81. The van der Waals surface area contributed by atoms with E-state index in [9.17, 15) is 32.7 Å². The molecule has 3 atom stereocenters. The first-order chi connectivity index (χ1) is 36.6. The third-order valence-electron chi connectivity index (χ3n) is 10.5. The Hall–Kier alpha value is -8.26. The second-order valence-corrected chi connectivity index (χ2v) is 16.8. The molecule has 7 aromatic rings. The van der Waals surface area contributed by atoms with Gasteiger partial charge in [0.25, 0.3) is 5.56 Å². The van der Waals surface area contributed by atoms with Crippen LogP contribution in [0, 0.1) is 17.5 Å². The number of hydrogen-bond donors (Lipinski definition) is 3. The van der Waals surface area contributed by atoms with Crippen molar-refractivity contribution in [3.8, 4) is 45.8 Å². The van der Waals surface area contributed by atoms with E-state index in [1.807, 2.05) is 13.8 Å². The molecule has 0 amide bonds. The third-order valence-corrected chi connectivity index (χ3v) is 10.5. The Morgan fingerprint density at radius 1 is 0.487 bits per heavy atom. The molecule has 0 aliphatic heterocycles. The highest BCUT2D eigenvalue weighted by atomic mass is 19.1. The highest BCUT2D eigenvalue weighted by Gasteiger charge is 2.16. The average molecular weight is 1060 g/mol. The van der Waals surface area contributed by atoms with Gasteiger partial charge in [0, 0.05) is 67.8 Å². The van der Waals surface area contributed by atoms with Gasteiger partial charge in [-0.25, -0.2) is 22.8 Å². The van der Waals surface area contributed by atoms with Crippen LogP contribution in [0.4, 0.5) is 13.2 Å². The highest BCUT2D eigenvalue weighted by molar-refractivity contribution is 5.90. The molecular weight excluding hydrogens is 994 g/mol. The van der Waals surface area contributed by atoms with Gasteiger partial charge in [-0.1, -0.05) is 54.6 Å². The molecule has 7 rings (SSSR count). The fourth-order valence-electron chi connectivity index (χ4n) is 7.00. The van der Waals surface area contributed by atoms with Gasteiger partial charge < -0.3 is 52.5 Å². The van der Waals surface area contributed by atoms with Crippen LogP contribution in [-0.4, -0.2) is 93.8 Å². The summed E-state index contributed by atoms with van der Waals surface area (Å²) in [5, 5.41) is 14.5. The van der Waals surface area contributed by atoms with Crippen LogP contribution in [0.15, 0.2) is 138 Å². The maximum atomic E-state index is 13.8. The van der Waals surface area contributed by atoms with Crippen molar-refractivity contribution >= 4 is 11.9 Å². The summed E-state index contributed by atoms with van der Waals surface area (Å²) in [7, 11) is 6.03. The maximum absolute atomic E-state index is 13.8. The van der Waals surface area contributed by atoms with Crippen LogP contribution >= 0.6 is 0 Å². The first-order valence-corrected chi connectivity index (χ1v) is 23.7. The zero-order valence-electron chi connectivity index (χ0n) is 43.1. The van der Waals surface area contributed by atoms with E-state index in [2.05, 4.69) is 10.2 Å². The van der Waals surface area contributed by atoms with E-state index in [0.29, 0.717) is 76.5 Å². The van der Waals surface area contributed by atoms with Gasteiger partial charge in [-0.05, 0) is 75.4 Å². The minimum atomic E-state index is -1.10. The number of aromatic amines is 2. The number of carbonyl (C=O) groups excluding carboxylic acids is 1. The van der Waals surface area contributed by atoms with Crippen LogP contribution in [0.25, 0.3) is 11.3 Å². The number of rotatable bonds is 24. The molecule has 0 bridgehead atoms. The molecule has 16 nitrogen and oxygen atoms in total. The number of carboxylic acids is 1. The highest BCUT2D eigenvalue weighted by Crippen LogP contribution is 2.31. The summed E-state index contributed by atoms with van der Waals surface area (Å²) in [5.74, 6) is -0.151. The van der Waals surface area contributed by atoms with Gasteiger partial charge in [-0.3, -0.25) is 15.0 Å². The minimum absolute atomic E-state index is 0.0111. The number of aromatic nitrogens is 2. The molecule has 0 aliphatic carbocycles. The minimum Gasteiger partial charge on any atom is -0.489 e. The predicted molar refractivity (Wildman–Crippen MR) is 276 cm³/mol. The number of H-pyrrole nitrogens is 2. The lowest BCUT2D eigenvalue weighted by Gasteiger charge is -2.16. The Morgan fingerprint density at radius 2 is 0.842 bits per heavy atom. The normalized spacial score (nSPS) is 11.8. The van der Waals surface area contributed by atoms with Crippen molar-refractivity contribution in [2.24, 2.45) is 0 Å². The molecule has 0 fully saturated rings. The van der Waals surface area contributed by atoms with Crippen molar-refractivity contribution in [2.45, 2.75) is 58.9 Å². The number of benzene rings is 6. The molecule has 1 heterocycles. The summed E-state index contributed by atoms with van der Waals surface area (Å²) >= 11 is 0. The maximum Gasteiger partial charge on any atom is 0.338 e. The number of halogens is 3. The molecule has 404 valence electrons. The molecule has 0 saturated carbocycles. The Bertz CT molecular complexity index is 3000. The lowest BCUT2D eigenvalue weighted by Crippen LogP contribution is -2.18. The number of methoxy groups -OCH3 is 4. The predicted octanol–water partition coefficient (Wildman–Crippen LogP) is 10.6. The first-order valence-electron chi connectivity index (χ1n) is 23.7. The van der Waals surface area contributed by atoms with Crippen molar-refractivity contribution in [1.82, 2.24) is 10.2 Å². The summed E-state index contributed by atoms with van der Waals surface area (Å²) in [6.07, 6.45) is -0.634. The molecule has 1 aromatic heterocycles. The molecule has 6 aromatic carbocycles. The Kier molecular flexibility index (Phi) is 23.3. The van der Waals surface area contributed by atoms with E-state index in [-0.39, 0.29) is 78.0 Å². The largest absolute Gasteiger partial charge is 0.489 e. The zero-order chi connectivity index (χ0) is 55.0. The number of esters is 1. The van der Waals surface area contributed by atoms with Gasteiger partial charge in [0.15, 0.2) is 0 Å². The lowest BCUT2D eigenvalue weighted by molar-refractivity contribution is 0.0597. The van der Waals surface area contributed by atoms with Gasteiger partial charge >= 0.3 is 11.9 Å². The van der Waals surface area contributed by atoms with Crippen molar-refractivity contribution in [3.05, 3.63) is 189 Å². The van der Waals surface area contributed by atoms with Crippen LogP contribution in [0.5, 0.6) is 34.5 Å². The van der Waals surface area contributed by atoms with Gasteiger partial charge in [-0.2, -0.15) is 0 Å². The SMILES string of the molecule is COC[C@H](C)Oc1cc(OCc2ccccc2F)cc(-c2cc(=O)[nH][nH]2)c1.COC[C@H](C)Oc1cc(OCc2ccccc2F)cc(C(=O)O)c1.COC[C@H](C)Oc1cc(OCc2ccccc2F)cc(C(=O)OC)c1. The second kappa shape index (κ2) is 30.2. The Balaban J connectivity index is 0.000000211. The van der Waals surface area contributed by atoms with E-state index < -0.39 is 11.9 Å². The lowest BCUT2D eigenvalue weighted by atomic mass is 10.1. The Morgan fingerprint density at radius 3 is 1.21 bits per heavy atom. The molecule has 0 spiro atoms. The zero-order valence-corrected chi connectivity index (χ0v) is 43.1. The van der Waals surface area contributed by atoms with Gasteiger partial charge in [0.2, 0.25) is 0 Å². The molecular formula is C57H61F3N2O14. The standard InChI is InChI=1S/C20H21FN2O4.C19H21FO5.C18H19FO5/c1-13(11-25-2)27-17-8-15(19-10-20(24)23-22-19)7-16(9-17)26-12-14-5-3-4-6-18(14)21;1-13(11-22-2)25-17-9-15(19(21)23-3)8-16(10-17)24-12-14-6-4-5-7-18(14)20;1-12(10-22-2)24-16-8-14(18(20)21)7-15(9-16)23-11-13-5-3-4-6-17(13)19/h3-10,13H,11-12H2,1-2H3,(H2,22,23,24);4-10,13H,11-12H2,1-3H3;3-9,12H,10-11H2,1-2H3,(H,20,21)/t2*13-;12-/m000/s1. The van der Waals surface area contributed by atoms with Gasteiger partial charge in [0.1, 0.15) is 90.1 Å². The summed E-state index contributed by atoms with van der Waals surface area (Å²) in [6, 6.07) is 34.8. The van der Waals surface area contributed by atoms with Gasteiger partial charge in [-0.15, -0.1) is 0 Å². The quantitative estimate of drug-likeness (QED) is 0.0484. The number of carboxylic acid groups (broad SMARTS) is 1. The van der Waals surface area contributed by atoms with Crippen LogP contribution < -0.4 is 34.0 Å². The van der Waals surface area contributed by atoms with Crippen LogP contribution in [0.1, 0.15) is 58.2 Å². The average Bonchev–Trinajstić information content (AvgIpc) is 3.84. The first kappa shape index (κ1) is 58.6. The molecule has 3 N–H and O–H groups in total. The molecule has 19 heteroatoms. The van der Waals surface area contributed by atoms with E-state index in [1.165, 1.54) is 49.6 Å². The molecule has 0 unspecified atom stereocenters. The van der Waals surface area contributed by atoms with E-state index >= 15 is 0 Å². The van der Waals surface area contributed by atoms with Crippen molar-refractivity contribution in [2.75, 3.05) is 48.3 Å². The van der Waals surface area contributed by atoms with E-state index in [4.69, 9.17) is 47.4 Å². The van der Waals surface area contributed by atoms with Crippen LogP contribution in [0.3, 0.4) is 0 Å². The summed E-state index contributed by atoms with van der Waals surface area (Å²) in [4.78, 5) is 34.5. The fraction of sp³-hybridized carbons (Fsp3) is 0.281. The van der Waals surface area contributed by atoms with Crippen molar-refractivity contribution in [3.63, 3.8) is 0 Å². The number of carbonyl (C=O) groups is 2. The fourth-order valence-corrected chi connectivity index (χ4v) is 7.00. The summed E-state index contributed by atoms with van der Waals surface area (Å²) < 4.78 is 95.1. The van der Waals surface area contributed by atoms with Crippen molar-refractivity contribution in [1.29, 1.82) is 0 Å².